The second kappa shape index (κ2) is 17.4. The van der Waals surface area contributed by atoms with Crippen LogP contribution >= 0.6 is 11.6 Å². The lowest BCUT2D eigenvalue weighted by atomic mass is 9.97. The zero-order valence-electron chi connectivity index (χ0n) is 27.3. The number of likely N-dealkylation sites (tertiary alicyclic amines) is 1. The fraction of sp³-hybridized carbons (Fsp3) is 0.222. The first-order valence-electron chi connectivity index (χ1n) is 15.5. The van der Waals surface area contributed by atoms with Gasteiger partial charge in [-0.15, -0.1) is 0 Å². The van der Waals surface area contributed by atoms with Crippen molar-refractivity contribution in [3.63, 3.8) is 0 Å². The molecule has 258 valence electrons. The van der Waals surface area contributed by atoms with Gasteiger partial charge in [-0.3, -0.25) is 19.7 Å². The normalized spacial score (nSPS) is 14.4. The summed E-state index contributed by atoms with van der Waals surface area (Å²) in [5.74, 6) is -2.07. The molecule has 50 heavy (non-hydrogen) atoms. The van der Waals surface area contributed by atoms with Crippen LogP contribution in [0.15, 0.2) is 79.2 Å². The molecule has 5 rings (SSSR count). The molecule has 13 nitrogen and oxygen atoms in total. The number of carboxylic acid groups (broad SMARTS) is 2. The van der Waals surface area contributed by atoms with Crippen LogP contribution in [0.4, 0.5) is 11.4 Å². The number of halogens is 1. The quantitative estimate of drug-likeness (QED) is 0.135. The molecule has 14 heteroatoms. The number of nitrogens with zero attached hydrogens (tertiary/aromatic N) is 4. The third kappa shape index (κ3) is 9.79. The smallest absolute Gasteiger partial charge is 0.328 e. The number of fused-ring (bicyclic) bond motifs is 1. The average molecular weight is 699 g/mol. The van der Waals surface area contributed by atoms with Crippen molar-refractivity contribution in [1.29, 1.82) is 5.26 Å². The molecule has 1 atom stereocenters. The Balaban J connectivity index is 0.000000627. The highest BCUT2D eigenvalue weighted by molar-refractivity contribution is 6.32. The van der Waals surface area contributed by atoms with Gasteiger partial charge in [-0.25, -0.2) is 9.59 Å². The van der Waals surface area contributed by atoms with E-state index in [1.807, 2.05) is 50.4 Å². The van der Waals surface area contributed by atoms with Gasteiger partial charge in [0, 0.05) is 58.9 Å². The first-order valence-corrected chi connectivity index (χ1v) is 15.8. The summed E-state index contributed by atoms with van der Waals surface area (Å²) in [4.78, 5) is 42.8. The predicted molar refractivity (Wildman–Crippen MR) is 188 cm³/mol. The van der Waals surface area contributed by atoms with Crippen LogP contribution in [-0.2, 0) is 21.0 Å². The Morgan fingerprint density at radius 1 is 1.10 bits per heavy atom. The number of nitrogens with one attached hydrogen (secondary N) is 1. The number of hydrogen-bond donors (Lipinski definition) is 4. The van der Waals surface area contributed by atoms with Gasteiger partial charge in [-0.2, -0.15) is 5.26 Å². The molecular weight excluding hydrogens is 664 g/mol. The number of hydrogen-bond acceptors (Lipinski definition) is 10. The minimum Gasteiger partial charge on any atom is -0.493 e. The fourth-order valence-corrected chi connectivity index (χ4v) is 5.42. The molecule has 0 aliphatic carbocycles. The van der Waals surface area contributed by atoms with Crippen LogP contribution in [0.3, 0.4) is 0 Å². The summed E-state index contributed by atoms with van der Waals surface area (Å²) in [5, 5.41) is 29.9. The Labute approximate surface area is 293 Å². The van der Waals surface area contributed by atoms with E-state index < -0.39 is 17.8 Å². The summed E-state index contributed by atoms with van der Waals surface area (Å²) in [6.45, 7) is 3.49. The molecular formula is C36H35ClN6O7. The molecule has 4 aromatic rings. The van der Waals surface area contributed by atoms with Gasteiger partial charge < -0.3 is 30.7 Å². The Kier molecular flexibility index (Phi) is 12.9. The van der Waals surface area contributed by atoms with E-state index in [9.17, 15) is 19.6 Å². The van der Waals surface area contributed by atoms with Crippen LogP contribution in [0.1, 0.15) is 36.6 Å². The van der Waals surface area contributed by atoms with E-state index in [4.69, 9.17) is 37.0 Å². The molecule has 0 bridgehead atoms. The predicted octanol–water partition coefficient (Wildman–Crippen LogP) is 5.55. The summed E-state index contributed by atoms with van der Waals surface area (Å²) < 4.78 is 11.8. The second-order valence-electron chi connectivity index (χ2n) is 11.0. The van der Waals surface area contributed by atoms with E-state index in [2.05, 4.69) is 26.3 Å². The largest absolute Gasteiger partial charge is 0.493 e. The van der Waals surface area contributed by atoms with Gasteiger partial charge in [0.25, 0.3) is 0 Å². The van der Waals surface area contributed by atoms with Gasteiger partial charge >= 0.3 is 11.9 Å². The van der Waals surface area contributed by atoms with E-state index in [1.165, 1.54) is 6.20 Å². The van der Waals surface area contributed by atoms with Crippen molar-refractivity contribution in [3.05, 3.63) is 101 Å². The third-order valence-corrected chi connectivity index (χ3v) is 7.85. The number of nitrogens with two attached hydrogens (primary N) is 1. The van der Waals surface area contributed by atoms with Crippen LogP contribution in [-0.4, -0.2) is 69.2 Å². The second-order valence-corrected chi connectivity index (χ2v) is 11.4. The SMILES string of the molecule is CCOc1cc2ncc(C#N)c(Nc3ccc(OCc4ccccn4)c(Cl)c3)c2cc1C(=CC1CCCN1C)C(N)=O.O=C(O)/C=C\C(=O)O. The standard InChI is InChI=1S/C32H31ClN6O3.C4H4O4/c1-3-41-30-16-28-26(15-24(30)25(32(35)40)14-23-8-6-12-39(23)2)31(20(17-34)18-37-28)38-21-9-10-29(27(33)13-21)42-19-22-7-4-5-11-36-22;5-3(6)1-2-4(7)8/h4-5,7,9-11,13-16,18,23H,3,6,8,12,19H2,1-2H3,(H2,35,40)(H,37,38);1-2H,(H,5,6)(H,7,8)/b;2-1-. The molecule has 1 fully saturated rings. The monoisotopic (exact) mass is 698 g/mol. The molecule has 1 aliphatic heterocycles. The van der Waals surface area contributed by atoms with Gasteiger partial charge in [-0.1, -0.05) is 23.7 Å². The van der Waals surface area contributed by atoms with Crippen LogP contribution in [0.2, 0.25) is 5.02 Å². The molecule has 2 aromatic carbocycles. The van der Waals surface area contributed by atoms with E-state index in [1.54, 1.807) is 24.4 Å². The lowest BCUT2D eigenvalue weighted by molar-refractivity contribution is -0.134. The lowest BCUT2D eigenvalue weighted by Crippen LogP contribution is -2.25. The van der Waals surface area contributed by atoms with Gasteiger partial charge in [0.05, 0.1) is 34.1 Å². The maximum absolute atomic E-state index is 12.8. The van der Waals surface area contributed by atoms with Crippen molar-refractivity contribution in [2.45, 2.75) is 32.4 Å². The number of pyridine rings is 2. The number of aromatic nitrogens is 2. The number of nitriles is 1. The third-order valence-electron chi connectivity index (χ3n) is 7.55. The van der Waals surface area contributed by atoms with Crippen LogP contribution in [0.25, 0.3) is 16.5 Å². The highest BCUT2D eigenvalue weighted by Crippen LogP contribution is 2.38. The number of primary amides is 1. The number of ether oxygens (including phenoxy) is 2. The number of rotatable bonds is 12. The van der Waals surface area contributed by atoms with Gasteiger partial charge in [0.2, 0.25) is 5.91 Å². The summed E-state index contributed by atoms with van der Waals surface area (Å²) in [6.07, 6.45) is 8.21. The Morgan fingerprint density at radius 2 is 1.86 bits per heavy atom. The number of carbonyl (C=O) groups excluding carboxylic acids is 1. The molecule has 1 saturated heterocycles. The first-order chi connectivity index (χ1) is 24.0. The Bertz CT molecular complexity index is 1960. The van der Waals surface area contributed by atoms with Crippen LogP contribution in [0.5, 0.6) is 11.5 Å². The van der Waals surface area contributed by atoms with Crippen molar-refractivity contribution in [2.24, 2.45) is 5.73 Å². The average Bonchev–Trinajstić information content (AvgIpc) is 3.50. The number of aliphatic carboxylic acids is 2. The van der Waals surface area contributed by atoms with Gasteiger partial charge in [-0.05, 0) is 69.8 Å². The van der Waals surface area contributed by atoms with E-state index in [0.29, 0.717) is 74.3 Å². The molecule has 1 amide bonds. The summed E-state index contributed by atoms with van der Waals surface area (Å²) in [5.41, 5.74) is 9.69. The van der Waals surface area contributed by atoms with E-state index >= 15 is 0 Å². The highest BCUT2D eigenvalue weighted by atomic mass is 35.5. The van der Waals surface area contributed by atoms with Crippen molar-refractivity contribution in [1.82, 2.24) is 14.9 Å². The first kappa shape index (κ1) is 36.9. The number of anilines is 2. The highest BCUT2D eigenvalue weighted by Gasteiger charge is 2.24. The summed E-state index contributed by atoms with van der Waals surface area (Å²) in [7, 11) is 2.03. The summed E-state index contributed by atoms with van der Waals surface area (Å²) >= 11 is 6.56. The van der Waals surface area contributed by atoms with Crippen molar-refractivity contribution in [3.8, 4) is 17.6 Å². The maximum atomic E-state index is 12.8. The number of benzene rings is 2. The summed E-state index contributed by atoms with van der Waals surface area (Å²) in [6, 6.07) is 16.8. The molecule has 0 saturated carbocycles. The van der Waals surface area contributed by atoms with Gasteiger partial charge in [0.15, 0.2) is 0 Å². The Hall–Kier alpha value is -5.97. The fourth-order valence-electron chi connectivity index (χ4n) is 5.19. The van der Waals surface area contributed by atoms with E-state index in [-0.39, 0.29) is 12.6 Å². The topological polar surface area (TPSA) is 201 Å². The van der Waals surface area contributed by atoms with Crippen molar-refractivity contribution < 1.29 is 34.1 Å². The van der Waals surface area contributed by atoms with Crippen molar-refractivity contribution >= 4 is 57.3 Å². The van der Waals surface area contributed by atoms with Crippen LogP contribution in [0, 0.1) is 11.3 Å². The number of carbonyl (C=O) groups is 3. The molecule has 3 heterocycles. The number of likely N-dealkylation sites (N-methyl/N-ethyl adjacent to an activating group) is 1. The van der Waals surface area contributed by atoms with Crippen LogP contribution < -0.4 is 20.5 Å². The maximum Gasteiger partial charge on any atom is 0.328 e. The molecule has 0 radical (unpaired) electrons. The zero-order chi connectivity index (χ0) is 36.2. The number of amides is 1. The number of carboxylic acids is 2. The zero-order valence-corrected chi connectivity index (χ0v) is 28.1. The van der Waals surface area contributed by atoms with Gasteiger partial charge in [0.1, 0.15) is 24.2 Å². The minimum atomic E-state index is -1.26. The van der Waals surface area contributed by atoms with E-state index in [0.717, 1.165) is 25.1 Å². The molecule has 1 aliphatic rings. The lowest BCUT2D eigenvalue weighted by Gasteiger charge is -2.19. The molecule has 5 N–H and O–H groups in total. The molecule has 1 unspecified atom stereocenters. The molecule has 0 spiro atoms. The molecule has 2 aromatic heterocycles. The van der Waals surface area contributed by atoms with Crippen molar-refractivity contribution in [2.75, 3.05) is 25.5 Å². The minimum absolute atomic E-state index is 0.0828. The Morgan fingerprint density at radius 3 is 2.44 bits per heavy atom.